The molecule has 1 aliphatic heterocycles. The number of rotatable bonds is 3. The smallest absolute Gasteiger partial charge is 0.410 e. The summed E-state index contributed by atoms with van der Waals surface area (Å²) < 4.78 is 5.52. The van der Waals surface area contributed by atoms with Gasteiger partial charge in [0.25, 0.3) is 0 Å². The molecule has 2 saturated carbocycles. The zero-order valence-corrected chi connectivity index (χ0v) is 11.6. The van der Waals surface area contributed by atoms with Crippen molar-refractivity contribution in [1.82, 2.24) is 10.2 Å². The molecule has 0 radical (unpaired) electrons. The Morgan fingerprint density at radius 2 is 1.89 bits per heavy atom. The molecule has 4 heteroatoms. The Morgan fingerprint density at radius 3 is 2.39 bits per heavy atom. The molecule has 2 atom stereocenters. The second-order valence-corrected chi connectivity index (χ2v) is 7.01. The van der Waals surface area contributed by atoms with Gasteiger partial charge in [0.15, 0.2) is 0 Å². The molecule has 1 N–H and O–H groups in total. The zero-order valence-electron chi connectivity index (χ0n) is 11.6. The number of nitrogens with one attached hydrogen (secondary N) is 1. The number of ether oxygens (including phenoxy) is 1. The van der Waals surface area contributed by atoms with Gasteiger partial charge >= 0.3 is 6.09 Å². The third kappa shape index (κ3) is 2.48. The van der Waals surface area contributed by atoms with Crippen LogP contribution in [0.3, 0.4) is 0 Å². The summed E-state index contributed by atoms with van der Waals surface area (Å²) in [6, 6.07) is 0.453. The molecule has 3 fully saturated rings. The van der Waals surface area contributed by atoms with Crippen LogP contribution in [0.2, 0.25) is 0 Å². The van der Waals surface area contributed by atoms with Gasteiger partial charge in [-0.25, -0.2) is 4.79 Å². The number of carbonyl (C=O) groups excluding carboxylic acids is 1. The van der Waals surface area contributed by atoms with E-state index in [2.05, 4.69) is 5.32 Å². The largest absolute Gasteiger partial charge is 0.444 e. The van der Waals surface area contributed by atoms with Crippen LogP contribution >= 0.6 is 0 Å². The van der Waals surface area contributed by atoms with Crippen LogP contribution in [0, 0.1) is 17.8 Å². The fraction of sp³-hybridized carbons (Fsp3) is 0.929. The van der Waals surface area contributed by atoms with E-state index in [1.54, 1.807) is 0 Å². The minimum atomic E-state index is -0.384. The number of hydrogen-bond donors (Lipinski definition) is 1. The molecular weight excluding hydrogens is 228 g/mol. The normalized spacial score (nSPS) is 34.1. The molecule has 0 aromatic carbocycles. The molecule has 3 rings (SSSR count). The van der Waals surface area contributed by atoms with Crippen LogP contribution in [0.1, 0.15) is 33.6 Å². The number of piperidine rings is 1. The summed E-state index contributed by atoms with van der Waals surface area (Å²) in [5, 5.41) is 3.40. The third-order valence-corrected chi connectivity index (χ3v) is 4.29. The summed E-state index contributed by atoms with van der Waals surface area (Å²) in [4.78, 5) is 14.2. The molecule has 2 unspecified atom stereocenters. The standard InChI is InChI=1S/C14H24N2O2/c1-14(2,3)18-13(17)16(9-4-5-9)8-12-10-6-15-7-11(10)12/h9-12,15H,4-8H2,1-3H3. The number of fused-ring (bicyclic) bond motifs is 1. The van der Waals surface area contributed by atoms with Crippen molar-refractivity contribution in [2.75, 3.05) is 19.6 Å². The summed E-state index contributed by atoms with van der Waals surface area (Å²) in [6.45, 7) is 9.00. The van der Waals surface area contributed by atoms with E-state index in [-0.39, 0.29) is 11.7 Å². The van der Waals surface area contributed by atoms with E-state index in [0.717, 1.165) is 50.2 Å². The predicted octanol–water partition coefficient (Wildman–Crippen LogP) is 1.85. The number of carbonyl (C=O) groups is 1. The van der Waals surface area contributed by atoms with Gasteiger partial charge in [0, 0.05) is 12.6 Å². The topological polar surface area (TPSA) is 41.6 Å². The Balaban J connectivity index is 1.57. The van der Waals surface area contributed by atoms with Crippen LogP contribution in [0.4, 0.5) is 4.79 Å². The van der Waals surface area contributed by atoms with Crippen LogP contribution < -0.4 is 5.32 Å². The summed E-state index contributed by atoms with van der Waals surface area (Å²) in [6.07, 6.45) is 2.20. The predicted molar refractivity (Wildman–Crippen MR) is 69.3 cm³/mol. The van der Waals surface area contributed by atoms with Crippen molar-refractivity contribution < 1.29 is 9.53 Å². The number of hydrogen-bond acceptors (Lipinski definition) is 3. The van der Waals surface area contributed by atoms with Crippen LogP contribution in [0.5, 0.6) is 0 Å². The van der Waals surface area contributed by atoms with Gasteiger partial charge in [-0.3, -0.25) is 0 Å². The first-order valence-corrected chi connectivity index (χ1v) is 7.16. The second kappa shape index (κ2) is 4.12. The first-order chi connectivity index (χ1) is 8.46. The summed E-state index contributed by atoms with van der Waals surface area (Å²) >= 11 is 0. The first kappa shape index (κ1) is 12.3. The molecule has 1 heterocycles. The maximum Gasteiger partial charge on any atom is 0.410 e. The molecule has 18 heavy (non-hydrogen) atoms. The highest BCUT2D eigenvalue weighted by molar-refractivity contribution is 5.69. The Kier molecular flexibility index (Phi) is 2.81. The Bertz CT molecular complexity index is 336. The van der Waals surface area contributed by atoms with E-state index in [1.165, 1.54) is 0 Å². The lowest BCUT2D eigenvalue weighted by Crippen LogP contribution is -2.40. The van der Waals surface area contributed by atoms with Crippen molar-refractivity contribution in [2.24, 2.45) is 17.8 Å². The van der Waals surface area contributed by atoms with Gasteiger partial charge in [-0.15, -0.1) is 0 Å². The maximum atomic E-state index is 12.2. The molecule has 0 spiro atoms. The van der Waals surface area contributed by atoms with Gasteiger partial charge in [-0.2, -0.15) is 0 Å². The average Bonchev–Trinajstić information content (AvgIpc) is 3.12. The van der Waals surface area contributed by atoms with Crippen molar-refractivity contribution in [1.29, 1.82) is 0 Å². The minimum Gasteiger partial charge on any atom is -0.444 e. The lowest BCUT2D eigenvalue weighted by molar-refractivity contribution is 0.0218. The maximum absolute atomic E-state index is 12.2. The highest BCUT2D eigenvalue weighted by Gasteiger charge is 2.54. The fourth-order valence-electron chi connectivity index (χ4n) is 3.12. The molecule has 0 aromatic heterocycles. The van der Waals surface area contributed by atoms with Crippen molar-refractivity contribution in [3.05, 3.63) is 0 Å². The SMILES string of the molecule is CC(C)(C)OC(=O)N(CC1C2CNCC21)C1CC1. The molecular formula is C14H24N2O2. The van der Waals surface area contributed by atoms with E-state index in [1.807, 2.05) is 25.7 Å². The highest BCUT2D eigenvalue weighted by atomic mass is 16.6. The van der Waals surface area contributed by atoms with Crippen LogP contribution in [-0.4, -0.2) is 42.3 Å². The van der Waals surface area contributed by atoms with Gasteiger partial charge in [0.2, 0.25) is 0 Å². The molecule has 2 aliphatic carbocycles. The van der Waals surface area contributed by atoms with Crippen LogP contribution in [0.25, 0.3) is 0 Å². The molecule has 1 amide bonds. The Hall–Kier alpha value is -0.770. The quantitative estimate of drug-likeness (QED) is 0.833. The van der Waals surface area contributed by atoms with Gasteiger partial charge in [-0.1, -0.05) is 0 Å². The van der Waals surface area contributed by atoms with Crippen molar-refractivity contribution >= 4 is 6.09 Å². The highest BCUT2D eigenvalue weighted by Crippen LogP contribution is 2.49. The van der Waals surface area contributed by atoms with E-state index in [0.29, 0.717) is 6.04 Å². The van der Waals surface area contributed by atoms with Crippen molar-refractivity contribution in [2.45, 2.75) is 45.3 Å². The Labute approximate surface area is 109 Å². The molecule has 0 bridgehead atoms. The first-order valence-electron chi connectivity index (χ1n) is 7.16. The summed E-state index contributed by atoms with van der Waals surface area (Å²) in [5.74, 6) is 2.35. The van der Waals surface area contributed by atoms with Gasteiger partial charge in [0.05, 0.1) is 0 Å². The summed E-state index contributed by atoms with van der Waals surface area (Å²) in [7, 11) is 0. The lowest BCUT2D eigenvalue weighted by atomic mass is 10.2. The monoisotopic (exact) mass is 252 g/mol. The van der Waals surface area contributed by atoms with E-state index in [9.17, 15) is 4.79 Å². The van der Waals surface area contributed by atoms with E-state index >= 15 is 0 Å². The van der Waals surface area contributed by atoms with Gasteiger partial charge in [0.1, 0.15) is 5.60 Å². The Morgan fingerprint density at radius 1 is 1.28 bits per heavy atom. The average molecular weight is 252 g/mol. The number of nitrogens with zero attached hydrogens (tertiary/aromatic N) is 1. The second-order valence-electron chi connectivity index (χ2n) is 7.01. The zero-order chi connectivity index (χ0) is 12.9. The van der Waals surface area contributed by atoms with Crippen LogP contribution in [-0.2, 0) is 4.74 Å². The molecule has 102 valence electrons. The molecule has 4 nitrogen and oxygen atoms in total. The van der Waals surface area contributed by atoms with Crippen molar-refractivity contribution in [3.8, 4) is 0 Å². The fourth-order valence-corrected chi connectivity index (χ4v) is 3.12. The number of amides is 1. The lowest BCUT2D eigenvalue weighted by Gasteiger charge is -2.28. The summed E-state index contributed by atoms with van der Waals surface area (Å²) in [5.41, 5.74) is -0.384. The van der Waals surface area contributed by atoms with E-state index in [4.69, 9.17) is 4.74 Å². The third-order valence-electron chi connectivity index (χ3n) is 4.29. The van der Waals surface area contributed by atoms with Crippen LogP contribution in [0.15, 0.2) is 0 Å². The van der Waals surface area contributed by atoms with Gasteiger partial charge < -0.3 is 15.0 Å². The molecule has 3 aliphatic rings. The minimum absolute atomic E-state index is 0.108. The van der Waals surface area contributed by atoms with Crippen molar-refractivity contribution in [3.63, 3.8) is 0 Å². The van der Waals surface area contributed by atoms with Gasteiger partial charge in [-0.05, 0) is 64.5 Å². The molecule has 0 aromatic rings. The molecule has 1 saturated heterocycles. The van der Waals surface area contributed by atoms with E-state index < -0.39 is 0 Å².